The van der Waals surface area contributed by atoms with Crippen LogP contribution in [0.3, 0.4) is 0 Å². The summed E-state index contributed by atoms with van der Waals surface area (Å²) in [5.74, 6) is -0.0385. The minimum absolute atomic E-state index is 0.0724. The molecule has 8 nitrogen and oxygen atoms in total. The monoisotopic (exact) mass is 492 g/mol. The Labute approximate surface area is 190 Å². The molecule has 9 heteroatoms. The summed E-state index contributed by atoms with van der Waals surface area (Å²) in [5.41, 5.74) is 0.971. The molecule has 1 aromatic carbocycles. The number of benzene rings is 1. The summed E-state index contributed by atoms with van der Waals surface area (Å²) in [6.07, 6.45) is 0.150. The molecule has 2 amide bonds. The topological polar surface area (TPSA) is 97.6 Å². The van der Waals surface area contributed by atoms with Crippen molar-refractivity contribution < 1.29 is 18.8 Å². The standard InChI is InChI=1S/C22H29BrN4O4/c1-21(2,3)19-25-18(31-26-19)17(28)24-16-9-10-27(20(29)30-22(4,5)6)12-13-11-14(23)7-8-15(13)16/h7-8,11,16H,9-10,12H2,1-6H3,(H,24,28)/t16-/m0/s1. The van der Waals surface area contributed by atoms with Gasteiger partial charge in [-0.1, -0.05) is 47.9 Å². The van der Waals surface area contributed by atoms with Crippen LogP contribution in [0.2, 0.25) is 0 Å². The summed E-state index contributed by atoms with van der Waals surface area (Å²) in [7, 11) is 0. The molecule has 2 heterocycles. The van der Waals surface area contributed by atoms with Gasteiger partial charge >= 0.3 is 17.9 Å². The van der Waals surface area contributed by atoms with Gasteiger partial charge in [0.05, 0.1) is 6.04 Å². The van der Waals surface area contributed by atoms with Crippen molar-refractivity contribution >= 4 is 27.9 Å². The first kappa shape index (κ1) is 23.2. The van der Waals surface area contributed by atoms with Crippen molar-refractivity contribution in [2.75, 3.05) is 6.54 Å². The highest BCUT2D eigenvalue weighted by atomic mass is 79.9. The van der Waals surface area contributed by atoms with Gasteiger partial charge in [-0.3, -0.25) is 4.79 Å². The van der Waals surface area contributed by atoms with Gasteiger partial charge in [-0.15, -0.1) is 0 Å². The lowest BCUT2D eigenvalue weighted by molar-refractivity contribution is 0.0234. The van der Waals surface area contributed by atoms with E-state index in [4.69, 9.17) is 9.26 Å². The molecule has 1 atom stereocenters. The highest BCUT2D eigenvalue weighted by Gasteiger charge is 2.31. The molecule has 0 saturated heterocycles. The van der Waals surface area contributed by atoms with Gasteiger partial charge in [-0.2, -0.15) is 4.98 Å². The van der Waals surface area contributed by atoms with Crippen molar-refractivity contribution in [1.82, 2.24) is 20.4 Å². The molecule has 0 saturated carbocycles. The summed E-state index contributed by atoms with van der Waals surface area (Å²) >= 11 is 3.50. The summed E-state index contributed by atoms with van der Waals surface area (Å²) in [6, 6.07) is 5.53. The van der Waals surface area contributed by atoms with Crippen LogP contribution in [-0.4, -0.2) is 39.2 Å². The second-order valence-corrected chi connectivity index (χ2v) is 10.6. The van der Waals surface area contributed by atoms with Crippen molar-refractivity contribution in [1.29, 1.82) is 0 Å². The van der Waals surface area contributed by atoms with E-state index in [1.54, 1.807) is 4.90 Å². The molecular weight excluding hydrogens is 464 g/mol. The third kappa shape index (κ3) is 5.84. The zero-order valence-electron chi connectivity index (χ0n) is 18.8. The average molecular weight is 493 g/mol. The SMILES string of the molecule is CC(C)(C)OC(=O)N1CC[C@H](NC(=O)c2nc(C(C)(C)C)no2)c2ccc(Br)cc2C1. The number of aromatic nitrogens is 2. The zero-order chi connectivity index (χ0) is 23.0. The fourth-order valence-electron chi connectivity index (χ4n) is 3.25. The predicted octanol–water partition coefficient (Wildman–Crippen LogP) is 4.74. The Bertz CT molecular complexity index is 975. The maximum Gasteiger partial charge on any atom is 0.410 e. The first-order chi connectivity index (χ1) is 14.3. The maximum atomic E-state index is 12.8. The number of carbonyl (C=O) groups excluding carboxylic acids is 2. The molecule has 0 radical (unpaired) electrons. The van der Waals surface area contributed by atoms with Gasteiger partial charge in [0.15, 0.2) is 5.82 Å². The molecule has 3 rings (SSSR count). The molecule has 0 unspecified atom stereocenters. The minimum atomic E-state index is -0.584. The number of hydrogen-bond donors (Lipinski definition) is 1. The Balaban J connectivity index is 1.82. The number of hydrogen-bond acceptors (Lipinski definition) is 6. The van der Waals surface area contributed by atoms with E-state index in [1.807, 2.05) is 59.7 Å². The fourth-order valence-corrected chi connectivity index (χ4v) is 3.66. The Hall–Kier alpha value is -2.42. The van der Waals surface area contributed by atoms with Crippen LogP contribution < -0.4 is 5.32 Å². The van der Waals surface area contributed by atoms with Crippen molar-refractivity contribution in [3.8, 4) is 0 Å². The second-order valence-electron chi connectivity index (χ2n) is 9.73. The largest absolute Gasteiger partial charge is 0.444 e. The van der Waals surface area contributed by atoms with Gasteiger partial charge in [0, 0.05) is 23.0 Å². The number of nitrogens with one attached hydrogen (secondary N) is 1. The zero-order valence-corrected chi connectivity index (χ0v) is 20.4. The van der Waals surface area contributed by atoms with Crippen LogP contribution in [0.4, 0.5) is 4.79 Å². The number of amides is 2. The number of ether oxygens (including phenoxy) is 1. The van der Waals surface area contributed by atoms with Gasteiger partial charge in [0.25, 0.3) is 0 Å². The molecule has 0 aliphatic carbocycles. The van der Waals surface area contributed by atoms with Crippen LogP contribution in [0.15, 0.2) is 27.2 Å². The predicted molar refractivity (Wildman–Crippen MR) is 119 cm³/mol. The first-order valence-electron chi connectivity index (χ1n) is 10.2. The van der Waals surface area contributed by atoms with Crippen LogP contribution in [0, 0.1) is 0 Å². The number of rotatable bonds is 2. The molecule has 2 aromatic rings. The molecule has 0 bridgehead atoms. The number of carbonyl (C=O) groups is 2. The van der Waals surface area contributed by atoms with E-state index in [9.17, 15) is 9.59 Å². The van der Waals surface area contributed by atoms with Gasteiger partial charge in [-0.05, 0) is 50.5 Å². The van der Waals surface area contributed by atoms with E-state index in [-0.39, 0.29) is 23.4 Å². The summed E-state index contributed by atoms with van der Waals surface area (Å²) in [5, 5.41) is 6.92. The van der Waals surface area contributed by atoms with Crippen LogP contribution >= 0.6 is 15.9 Å². The van der Waals surface area contributed by atoms with E-state index in [1.165, 1.54) is 0 Å². The smallest absolute Gasteiger partial charge is 0.410 e. The Kier molecular flexibility index (Phi) is 6.45. The van der Waals surface area contributed by atoms with Gasteiger partial charge in [0.1, 0.15) is 5.60 Å². The van der Waals surface area contributed by atoms with Gasteiger partial charge in [0.2, 0.25) is 0 Å². The summed E-state index contributed by atoms with van der Waals surface area (Å²) < 4.78 is 11.6. The van der Waals surface area contributed by atoms with E-state index in [0.717, 1.165) is 15.6 Å². The third-order valence-electron chi connectivity index (χ3n) is 4.78. The fraction of sp³-hybridized carbons (Fsp3) is 0.545. The van der Waals surface area contributed by atoms with Crippen molar-refractivity contribution in [2.45, 2.75) is 71.6 Å². The first-order valence-corrected chi connectivity index (χ1v) is 11.0. The van der Waals surface area contributed by atoms with Crippen LogP contribution in [0.1, 0.15) is 81.6 Å². The quantitative estimate of drug-likeness (QED) is 0.649. The normalized spacial score (nSPS) is 17.0. The van der Waals surface area contributed by atoms with E-state index in [2.05, 4.69) is 31.4 Å². The van der Waals surface area contributed by atoms with Crippen molar-refractivity contribution in [3.05, 3.63) is 45.5 Å². The summed E-state index contributed by atoms with van der Waals surface area (Å²) in [4.78, 5) is 31.4. The van der Waals surface area contributed by atoms with Crippen molar-refractivity contribution in [3.63, 3.8) is 0 Å². The number of nitrogens with zero attached hydrogens (tertiary/aromatic N) is 3. The molecule has 0 fully saturated rings. The Morgan fingerprint density at radius 3 is 2.55 bits per heavy atom. The molecular formula is C22H29BrN4O4. The Morgan fingerprint density at radius 1 is 1.23 bits per heavy atom. The number of halogens is 1. The van der Waals surface area contributed by atoms with Gasteiger partial charge < -0.3 is 19.5 Å². The highest BCUT2D eigenvalue weighted by molar-refractivity contribution is 9.10. The van der Waals surface area contributed by atoms with Crippen LogP contribution in [0.5, 0.6) is 0 Å². The lowest BCUT2D eigenvalue weighted by atomic mass is 9.96. The molecule has 1 N–H and O–H groups in total. The van der Waals surface area contributed by atoms with Crippen LogP contribution in [-0.2, 0) is 16.7 Å². The van der Waals surface area contributed by atoms with E-state index < -0.39 is 11.5 Å². The number of fused-ring (bicyclic) bond motifs is 1. The van der Waals surface area contributed by atoms with E-state index >= 15 is 0 Å². The van der Waals surface area contributed by atoms with Gasteiger partial charge in [-0.25, -0.2) is 4.79 Å². The van der Waals surface area contributed by atoms with Crippen molar-refractivity contribution in [2.24, 2.45) is 0 Å². The maximum absolute atomic E-state index is 12.8. The third-order valence-corrected chi connectivity index (χ3v) is 5.27. The second kappa shape index (κ2) is 8.61. The summed E-state index contributed by atoms with van der Waals surface area (Å²) in [6.45, 7) is 12.2. The molecule has 1 aromatic heterocycles. The lowest BCUT2D eigenvalue weighted by Crippen LogP contribution is -2.37. The lowest BCUT2D eigenvalue weighted by Gasteiger charge is -2.26. The van der Waals surface area contributed by atoms with Crippen LogP contribution in [0.25, 0.3) is 0 Å². The average Bonchev–Trinajstić information content (AvgIpc) is 3.07. The minimum Gasteiger partial charge on any atom is -0.444 e. The molecule has 1 aliphatic heterocycles. The molecule has 168 valence electrons. The Morgan fingerprint density at radius 2 is 1.94 bits per heavy atom. The molecule has 1 aliphatic rings. The highest BCUT2D eigenvalue weighted by Crippen LogP contribution is 2.30. The van der Waals surface area contributed by atoms with E-state index in [0.29, 0.717) is 25.3 Å². The molecule has 0 spiro atoms. The molecule has 31 heavy (non-hydrogen) atoms.